The zero-order valence-corrected chi connectivity index (χ0v) is 10.1. The van der Waals surface area contributed by atoms with Crippen LogP contribution in [0.25, 0.3) is 10.9 Å². The number of fused-ring (bicyclic) bond motifs is 1. The Balaban J connectivity index is 2.82. The molecule has 84 valence electrons. The van der Waals surface area contributed by atoms with Crippen LogP contribution in [-0.2, 0) is 7.05 Å². The number of benzene rings is 1. The average molecular weight is 218 g/mol. The lowest BCUT2D eigenvalue weighted by Gasteiger charge is -2.08. The highest BCUT2D eigenvalue weighted by molar-refractivity contribution is 5.83. The maximum Gasteiger partial charge on any atom is 0.216 e. The van der Waals surface area contributed by atoms with Crippen molar-refractivity contribution in [3.63, 3.8) is 0 Å². The molecule has 0 spiro atoms. The summed E-state index contributed by atoms with van der Waals surface area (Å²) in [6.45, 7) is 2.09. The lowest BCUT2D eigenvalue weighted by Crippen LogP contribution is -2.28. The van der Waals surface area contributed by atoms with Gasteiger partial charge in [0.15, 0.2) is 17.7 Å². The summed E-state index contributed by atoms with van der Waals surface area (Å²) in [5.41, 5.74) is 2.37. The highest BCUT2D eigenvalue weighted by atomic mass is 16.5. The SMILES string of the molecule is COc1cc2c(C)cc[n+](C)c2cc1OC. The van der Waals surface area contributed by atoms with Crippen molar-refractivity contribution in [2.24, 2.45) is 7.05 Å². The number of hydrogen-bond acceptors (Lipinski definition) is 2. The van der Waals surface area contributed by atoms with E-state index in [2.05, 4.69) is 17.6 Å². The van der Waals surface area contributed by atoms with E-state index < -0.39 is 0 Å². The number of aryl methyl sites for hydroxylation is 2. The molecule has 0 bridgehead atoms. The molecule has 0 aliphatic rings. The molecule has 16 heavy (non-hydrogen) atoms. The minimum absolute atomic E-state index is 0.760. The second-order valence-corrected chi connectivity index (χ2v) is 3.83. The van der Waals surface area contributed by atoms with Crippen LogP contribution in [0.4, 0.5) is 0 Å². The topological polar surface area (TPSA) is 22.3 Å². The van der Waals surface area contributed by atoms with Gasteiger partial charge in [0.1, 0.15) is 7.05 Å². The van der Waals surface area contributed by atoms with Crippen LogP contribution in [-0.4, -0.2) is 14.2 Å². The molecule has 0 amide bonds. The van der Waals surface area contributed by atoms with Gasteiger partial charge in [-0.15, -0.1) is 0 Å². The molecule has 0 saturated carbocycles. The Morgan fingerprint density at radius 3 is 2.31 bits per heavy atom. The van der Waals surface area contributed by atoms with E-state index in [4.69, 9.17) is 9.47 Å². The van der Waals surface area contributed by atoms with E-state index in [9.17, 15) is 0 Å². The van der Waals surface area contributed by atoms with Crippen LogP contribution in [0, 0.1) is 6.92 Å². The van der Waals surface area contributed by atoms with E-state index in [1.807, 2.05) is 25.4 Å². The van der Waals surface area contributed by atoms with Gasteiger partial charge in [-0.05, 0) is 18.6 Å². The van der Waals surface area contributed by atoms with E-state index >= 15 is 0 Å². The quantitative estimate of drug-likeness (QED) is 0.719. The highest BCUT2D eigenvalue weighted by Crippen LogP contribution is 2.31. The monoisotopic (exact) mass is 218 g/mol. The second-order valence-electron chi connectivity index (χ2n) is 3.83. The maximum atomic E-state index is 5.30. The summed E-state index contributed by atoms with van der Waals surface area (Å²) in [5, 5.41) is 1.18. The molecule has 0 radical (unpaired) electrons. The molecule has 1 heterocycles. The minimum atomic E-state index is 0.760. The molecule has 3 nitrogen and oxygen atoms in total. The van der Waals surface area contributed by atoms with E-state index in [-0.39, 0.29) is 0 Å². The normalized spacial score (nSPS) is 10.5. The van der Waals surface area contributed by atoms with Crippen LogP contribution in [0.15, 0.2) is 24.4 Å². The molecule has 0 atom stereocenters. The smallest absolute Gasteiger partial charge is 0.216 e. The van der Waals surface area contributed by atoms with Gasteiger partial charge in [-0.25, -0.2) is 4.57 Å². The Kier molecular flexibility index (Phi) is 2.69. The second kappa shape index (κ2) is 4.00. The molecule has 0 N–H and O–H groups in total. The number of pyridine rings is 1. The fourth-order valence-electron chi connectivity index (χ4n) is 1.87. The largest absolute Gasteiger partial charge is 0.493 e. The molecule has 2 rings (SSSR count). The van der Waals surface area contributed by atoms with E-state index in [0.717, 1.165) is 17.0 Å². The number of aromatic nitrogens is 1. The molecule has 1 aromatic heterocycles. The lowest BCUT2D eigenvalue weighted by atomic mass is 10.1. The third-order valence-electron chi connectivity index (χ3n) is 2.85. The molecule has 3 heteroatoms. The van der Waals surface area contributed by atoms with Crippen molar-refractivity contribution in [1.82, 2.24) is 0 Å². The fourth-order valence-corrected chi connectivity index (χ4v) is 1.87. The first-order valence-electron chi connectivity index (χ1n) is 5.18. The Bertz CT molecular complexity index is 486. The van der Waals surface area contributed by atoms with E-state index in [1.165, 1.54) is 10.9 Å². The first-order chi connectivity index (χ1) is 7.67. The summed E-state index contributed by atoms with van der Waals surface area (Å²) < 4.78 is 12.7. The Morgan fingerprint density at radius 2 is 1.69 bits per heavy atom. The lowest BCUT2D eigenvalue weighted by molar-refractivity contribution is -0.644. The zero-order chi connectivity index (χ0) is 11.7. The van der Waals surface area contributed by atoms with Gasteiger partial charge in [0, 0.05) is 6.07 Å². The standard InChI is InChI=1S/C13H16NO2/c1-9-5-6-14(2)11-8-13(16-4)12(15-3)7-10(9)11/h5-8H,1-4H3/q+1. The molecule has 0 unspecified atom stereocenters. The molecule has 2 aromatic rings. The van der Waals surface area contributed by atoms with Gasteiger partial charge >= 0.3 is 0 Å². The summed E-state index contributed by atoms with van der Waals surface area (Å²) >= 11 is 0. The molecule has 0 aliphatic heterocycles. The molecule has 0 saturated heterocycles. The third kappa shape index (κ3) is 1.58. The number of nitrogens with zero attached hydrogens (tertiary/aromatic N) is 1. The van der Waals surface area contributed by atoms with Crippen molar-refractivity contribution in [2.45, 2.75) is 6.92 Å². The fraction of sp³-hybridized carbons (Fsp3) is 0.308. The predicted molar refractivity (Wildman–Crippen MR) is 63.0 cm³/mol. The summed E-state index contributed by atoms with van der Waals surface area (Å²) in [6.07, 6.45) is 2.05. The van der Waals surface area contributed by atoms with Crippen LogP contribution in [0.3, 0.4) is 0 Å². The molecule has 0 aliphatic carbocycles. The Labute approximate surface area is 95.2 Å². The van der Waals surface area contributed by atoms with Crippen molar-refractivity contribution in [3.8, 4) is 11.5 Å². The molecule has 0 fully saturated rings. The van der Waals surface area contributed by atoms with Gasteiger partial charge in [0.2, 0.25) is 5.52 Å². The van der Waals surface area contributed by atoms with Gasteiger partial charge in [0.25, 0.3) is 0 Å². The van der Waals surface area contributed by atoms with Gasteiger partial charge in [0.05, 0.1) is 25.7 Å². The predicted octanol–water partition coefficient (Wildman–Crippen LogP) is 1.99. The summed E-state index contributed by atoms with van der Waals surface area (Å²) in [7, 11) is 5.33. The summed E-state index contributed by atoms with van der Waals surface area (Å²) in [6, 6.07) is 6.11. The van der Waals surface area contributed by atoms with Crippen LogP contribution >= 0.6 is 0 Å². The first-order valence-corrected chi connectivity index (χ1v) is 5.18. The summed E-state index contributed by atoms with van der Waals surface area (Å²) in [4.78, 5) is 0. The molecular weight excluding hydrogens is 202 g/mol. The van der Waals surface area contributed by atoms with E-state index in [1.54, 1.807) is 14.2 Å². The molecule has 1 aromatic carbocycles. The maximum absolute atomic E-state index is 5.30. The Morgan fingerprint density at radius 1 is 1.06 bits per heavy atom. The average Bonchev–Trinajstić information content (AvgIpc) is 2.32. The van der Waals surface area contributed by atoms with Crippen LogP contribution < -0.4 is 14.0 Å². The number of hydrogen-bond donors (Lipinski definition) is 0. The van der Waals surface area contributed by atoms with Crippen LogP contribution in [0.5, 0.6) is 11.5 Å². The van der Waals surface area contributed by atoms with Crippen molar-refractivity contribution in [2.75, 3.05) is 14.2 Å². The number of ether oxygens (including phenoxy) is 2. The van der Waals surface area contributed by atoms with Gasteiger partial charge in [-0.1, -0.05) is 0 Å². The van der Waals surface area contributed by atoms with Crippen molar-refractivity contribution < 1.29 is 14.0 Å². The zero-order valence-electron chi connectivity index (χ0n) is 10.1. The first kappa shape index (κ1) is 10.7. The van der Waals surface area contributed by atoms with Crippen LogP contribution in [0.2, 0.25) is 0 Å². The highest BCUT2D eigenvalue weighted by Gasteiger charge is 2.13. The van der Waals surface area contributed by atoms with Crippen molar-refractivity contribution >= 4 is 10.9 Å². The number of methoxy groups -OCH3 is 2. The van der Waals surface area contributed by atoms with E-state index in [0.29, 0.717) is 0 Å². The van der Waals surface area contributed by atoms with Gasteiger partial charge in [-0.2, -0.15) is 0 Å². The third-order valence-corrected chi connectivity index (χ3v) is 2.85. The van der Waals surface area contributed by atoms with Gasteiger partial charge in [-0.3, -0.25) is 0 Å². The minimum Gasteiger partial charge on any atom is -0.493 e. The summed E-state index contributed by atoms with van der Waals surface area (Å²) in [5.74, 6) is 1.53. The van der Waals surface area contributed by atoms with Crippen molar-refractivity contribution in [1.29, 1.82) is 0 Å². The van der Waals surface area contributed by atoms with Crippen molar-refractivity contribution in [3.05, 3.63) is 30.0 Å². The number of rotatable bonds is 2. The van der Waals surface area contributed by atoms with Gasteiger partial charge < -0.3 is 9.47 Å². The van der Waals surface area contributed by atoms with Crippen LogP contribution in [0.1, 0.15) is 5.56 Å². The Hall–Kier alpha value is -1.77. The molecular formula is C13H16NO2+.